The first-order chi connectivity index (χ1) is 13.8. The molecule has 2 aliphatic heterocycles. The number of hydrogen-bond donors (Lipinski definition) is 2. The molecule has 2 amide bonds. The largest absolute Gasteiger partial charge is 0.488 e. The highest BCUT2D eigenvalue weighted by atomic mass is 16.6. The molecule has 2 aromatic rings. The minimum atomic E-state index is -0.161. The molecule has 2 unspecified atom stereocenters. The maximum Gasteiger partial charge on any atom is 0.315 e. The van der Waals surface area contributed by atoms with Gasteiger partial charge in [0.1, 0.15) is 25.1 Å². The van der Waals surface area contributed by atoms with Gasteiger partial charge in [-0.25, -0.2) is 4.79 Å². The minimum Gasteiger partial charge on any atom is -0.488 e. The van der Waals surface area contributed by atoms with E-state index in [0.717, 1.165) is 42.1 Å². The highest BCUT2D eigenvalue weighted by Crippen LogP contribution is 2.43. The van der Waals surface area contributed by atoms with Crippen molar-refractivity contribution in [2.24, 2.45) is 5.92 Å². The molecule has 6 nitrogen and oxygen atoms in total. The van der Waals surface area contributed by atoms with E-state index in [9.17, 15) is 4.79 Å². The first kappa shape index (κ1) is 17.2. The molecule has 3 aliphatic rings. The lowest BCUT2D eigenvalue weighted by Gasteiger charge is -2.23. The molecule has 0 aromatic heterocycles. The summed E-state index contributed by atoms with van der Waals surface area (Å²) in [6.07, 6.45) is 3.06. The van der Waals surface area contributed by atoms with Crippen molar-refractivity contribution >= 4 is 6.03 Å². The Morgan fingerprint density at radius 2 is 1.86 bits per heavy atom. The fourth-order valence-corrected chi connectivity index (χ4v) is 3.92. The maximum absolute atomic E-state index is 12.5. The Kier molecular flexibility index (Phi) is 4.47. The second-order valence-electron chi connectivity index (χ2n) is 7.62. The van der Waals surface area contributed by atoms with E-state index in [0.29, 0.717) is 25.7 Å². The lowest BCUT2D eigenvalue weighted by molar-refractivity contribution is 0.171. The molecule has 1 saturated carbocycles. The van der Waals surface area contributed by atoms with E-state index in [1.54, 1.807) is 0 Å². The molecule has 1 fully saturated rings. The van der Waals surface area contributed by atoms with Gasteiger partial charge < -0.3 is 24.8 Å². The average molecular weight is 380 g/mol. The van der Waals surface area contributed by atoms with Gasteiger partial charge in [-0.05, 0) is 48.1 Å². The van der Waals surface area contributed by atoms with E-state index in [1.807, 2.05) is 36.4 Å². The van der Waals surface area contributed by atoms with Crippen LogP contribution in [0.15, 0.2) is 42.5 Å². The van der Waals surface area contributed by atoms with Gasteiger partial charge in [-0.15, -0.1) is 0 Å². The van der Waals surface area contributed by atoms with Gasteiger partial charge in [-0.3, -0.25) is 0 Å². The van der Waals surface area contributed by atoms with Gasteiger partial charge in [0.2, 0.25) is 0 Å². The molecule has 0 spiro atoms. The average Bonchev–Trinajstić information content (AvgIpc) is 3.48. The monoisotopic (exact) mass is 380 g/mol. The smallest absolute Gasteiger partial charge is 0.315 e. The third-order valence-corrected chi connectivity index (χ3v) is 5.51. The topological polar surface area (TPSA) is 68.8 Å². The number of urea groups is 1. The molecule has 0 radical (unpaired) electrons. The zero-order chi connectivity index (χ0) is 18.9. The van der Waals surface area contributed by atoms with Crippen molar-refractivity contribution < 1.29 is 19.0 Å². The number of benzene rings is 2. The van der Waals surface area contributed by atoms with E-state index in [-0.39, 0.29) is 18.2 Å². The Balaban J connectivity index is 1.20. The van der Waals surface area contributed by atoms with Crippen LogP contribution in [0.5, 0.6) is 17.2 Å². The second-order valence-corrected chi connectivity index (χ2v) is 7.62. The van der Waals surface area contributed by atoms with Crippen LogP contribution in [0, 0.1) is 5.92 Å². The number of amides is 2. The molecule has 5 rings (SSSR count). The predicted molar refractivity (Wildman–Crippen MR) is 104 cm³/mol. The standard InChI is InChI=1S/C22H24N2O4/c25-22(23-13-17-11-15-3-1-2-4-18(15)28-17)24-21(14-5-6-14)16-7-8-19-20(12-16)27-10-9-26-19/h1-4,7-8,12,14,17,21H,5-6,9-11,13H2,(H2,23,24,25). The Morgan fingerprint density at radius 3 is 2.68 bits per heavy atom. The quantitative estimate of drug-likeness (QED) is 0.836. The van der Waals surface area contributed by atoms with Gasteiger partial charge in [0.05, 0.1) is 12.6 Å². The van der Waals surface area contributed by atoms with Crippen LogP contribution in [0.2, 0.25) is 0 Å². The van der Waals surface area contributed by atoms with Gasteiger partial charge in [0.25, 0.3) is 0 Å². The van der Waals surface area contributed by atoms with Gasteiger partial charge in [0, 0.05) is 6.42 Å². The van der Waals surface area contributed by atoms with E-state index in [2.05, 4.69) is 16.7 Å². The van der Waals surface area contributed by atoms with Crippen LogP contribution in [0.4, 0.5) is 4.79 Å². The number of fused-ring (bicyclic) bond motifs is 2. The number of carbonyl (C=O) groups is 1. The number of ether oxygens (including phenoxy) is 3. The molecule has 6 heteroatoms. The molecule has 28 heavy (non-hydrogen) atoms. The molecule has 2 N–H and O–H groups in total. The van der Waals surface area contributed by atoms with Gasteiger partial charge in [-0.2, -0.15) is 0 Å². The van der Waals surface area contributed by atoms with E-state index in [4.69, 9.17) is 14.2 Å². The molecule has 146 valence electrons. The summed E-state index contributed by atoms with van der Waals surface area (Å²) in [4.78, 5) is 12.5. The Bertz CT molecular complexity index is 856. The van der Waals surface area contributed by atoms with Crippen LogP contribution in [-0.4, -0.2) is 31.9 Å². The van der Waals surface area contributed by atoms with Crippen LogP contribution in [0.3, 0.4) is 0 Å². The lowest BCUT2D eigenvalue weighted by Crippen LogP contribution is -2.42. The van der Waals surface area contributed by atoms with Crippen LogP contribution >= 0.6 is 0 Å². The molecule has 2 heterocycles. The number of para-hydroxylation sites is 1. The first-order valence-corrected chi connectivity index (χ1v) is 9.95. The van der Waals surface area contributed by atoms with Crippen molar-refractivity contribution in [2.45, 2.75) is 31.4 Å². The zero-order valence-electron chi connectivity index (χ0n) is 15.6. The van der Waals surface area contributed by atoms with Crippen LogP contribution in [-0.2, 0) is 6.42 Å². The summed E-state index contributed by atoms with van der Waals surface area (Å²) in [6.45, 7) is 1.62. The van der Waals surface area contributed by atoms with Crippen molar-refractivity contribution in [3.8, 4) is 17.2 Å². The van der Waals surface area contributed by atoms with E-state index in [1.165, 1.54) is 5.56 Å². The molecule has 1 aliphatic carbocycles. The predicted octanol–water partition coefficient (Wildman–Crippen LogP) is 3.21. The third-order valence-electron chi connectivity index (χ3n) is 5.51. The first-order valence-electron chi connectivity index (χ1n) is 9.95. The number of carbonyl (C=O) groups excluding carboxylic acids is 1. The zero-order valence-corrected chi connectivity index (χ0v) is 15.6. The number of nitrogens with one attached hydrogen (secondary N) is 2. The van der Waals surface area contributed by atoms with Crippen molar-refractivity contribution in [3.63, 3.8) is 0 Å². The number of hydrogen-bond acceptors (Lipinski definition) is 4. The second kappa shape index (κ2) is 7.26. The van der Waals surface area contributed by atoms with Crippen molar-refractivity contribution in [3.05, 3.63) is 53.6 Å². The summed E-state index contributed by atoms with van der Waals surface area (Å²) in [5, 5.41) is 6.12. The van der Waals surface area contributed by atoms with Gasteiger partial charge in [0.15, 0.2) is 11.5 Å². The Hall–Kier alpha value is -2.89. The highest BCUT2D eigenvalue weighted by molar-refractivity contribution is 5.74. The summed E-state index contributed by atoms with van der Waals surface area (Å²) in [6, 6.07) is 13.8. The minimum absolute atomic E-state index is 0.0162. The molecule has 0 bridgehead atoms. The van der Waals surface area contributed by atoms with E-state index < -0.39 is 0 Å². The lowest BCUT2D eigenvalue weighted by atomic mass is 10.0. The molecular weight excluding hydrogens is 356 g/mol. The summed E-state index contributed by atoms with van der Waals surface area (Å²) in [7, 11) is 0. The van der Waals surface area contributed by atoms with E-state index >= 15 is 0 Å². The maximum atomic E-state index is 12.5. The Labute approximate surface area is 164 Å². The molecule has 2 atom stereocenters. The molecular formula is C22H24N2O4. The summed E-state index contributed by atoms with van der Waals surface area (Å²) in [5.41, 5.74) is 2.26. The highest BCUT2D eigenvalue weighted by Gasteiger charge is 2.34. The van der Waals surface area contributed by atoms with Gasteiger partial charge >= 0.3 is 6.03 Å². The van der Waals surface area contributed by atoms with Crippen LogP contribution in [0.25, 0.3) is 0 Å². The fraction of sp³-hybridized carbons (Fsp3) is 0.409. The van der Waals surface area contributed by atoms with Crippen molar-refractivity contribution in [2.75, 3.05) is 19.8 Å². The van der Waals surface area contributed by atoms with Crippen molar-refractivity contribution in [1.29, 1.82) is 0 Å². The normalized spacial score (nSPS) is 20.6. The molecule has 2 aromatic carbocycles. The fourth-order valence-electron chi connectivity index (χ4n) is 3.92. The van der Waals surface area contributed by atoms with Crippen LogP contribution < -0.4 is 24.8 Å². The summed E-state index contributed by atoms with van der Waals surface area (Å²) in [5.74, 6) is 2.92. The Morgan fingerprint density at radius 1 is 1.04 bits per heavy atom. The summed E-state index contributed by atoms with van der Waals surface area (Å²) >= 11 is 0. The number of rotatable bonds is 5. The van der Waals surface area contributed by atoms with Crippen molar-refractivity contribution in [1.82, 2.24) is 10.6 Å². The summed E-state index contributed by atoms with van der Waals surface area (Å²) < 4.78 is 17.2. The third kappa shape index (κ3) is 3.59. The van der Waals surface area contributed by atoms with Crippen LogP contribution in [0.1, 0.15) is 30.0 Å². The molecule has 0 saturated heterocycles. The van der Waals surface area contributed by atoms with Gasteiger partial charge in [-0.1, -0.05) is 24.3 Å². The SMILES string of the molecule is O=C(NCC1Cc2ccccc2O1)NC(c1ccc2c(c1)OCCO2)C1CC1.